The molecule has 7 nitrogen and oxygen atoms in total. The maximum absolute atomic E-state index is 13.4. The molecule has 0 spiro atoms. The summed E-state index contributed by atoms with van der Waals surface area (Å²) in [5.41, 5.74) is 1.75. The largest absolute Gasteiger partial charge is 0.394 e. The second-order valence-corrected chi connectivity index (χ2v) is 8.89. The number of amides is 1. The van der Waals surface area contributed by atoms with Gasteiger partial charge in [-0.3, -0.25) is 14.7 Å². The van der Waals surface area contributed by atoms with Crippen LogP contribution >= 0.6 is 0 Å². The van der Waals surface area contributed by atoms with Gasteiger partial charge in [-0.25, -0.2) is 0 Å². The first-order chi connectivity index (χ1) is 14.5. The van der Waals surface area contributed by atoms with Crippen molar-refractivity contribution in [1.29, 1.82) is 0 Å². The fourth-order valence-corrected chi connectivity index (χ4v) is 5.37. The molecule has 1 saturated heterocycles. The first-order valence-electron chi connectivity index (χ1n) is 10.1. The molecule has 164 valence electrons. The molecule has 31 heavy (non-hydrogen) atoms. The molecule has 2 atom stereocenters. The topological polar surface area (TPSA) is 75.9 Å². The quantitative estimate of drug-likeness (QED) is 0.690. The normalized spacial score (nSPS) is 22.9. The molecule has 1 aliphatic heterocycles. The number of hydrogen-bond acceptors (Lipinski definition) is 3. The highest BCUT2D eigenvalue weighted by Crippen LogP contribution is 2.60. The summed E-state index contributed by atoms with van der Waals surface area (Å²) in [6.45, 7) is 2.67. The molecule has 10 heteroatoms. The maximum Gasteiger partial charge on any atom is 0.394 e. The number of nitrogens with one attached hydrogen (secondary N) is 1. The summed E-state index contributed by atoms with van der Waals surface area (Å²) < 4.78 is 42.1. The molecule has 2 fully saturated rings. The standard InChI is InChI=1S/C21H22F3N5O2/c1-11-7-28(3)19(31)16-13(9-27(2)17(11)16)18(30)29-8-12-4-20(12,10-29)14-6-25-26-15(14)5-21(22,23)24/h6-7,9,12H,4-5,8,10H2,1-3H3,(H,25,26). The Hall–Kier alpha value is -3.04. The van der Waals surface area contributed by atoms with Crippen molar-refractivity contribution < 1.29 is 18.0 Å². The molecule has 3 aromatic heterocycles. The Morgan fingerprint density at radius 2 is 2.03 bits per heavy atom. The second kappa shape index (κ2) is 6.24. The highest BCUT2D eigenvalue weighted by molar-refractivity contribution is 6.07. The minimum absolute atomic E-state index is 0.000969. The van der Waals surface area contributed by atoms with Crippen molar-refractivity contribution in [2.75, 3.05) is 13.1 Å². The van der Waals surface area contributed by atoms with Gasteiger partial charge in [0.2, 0.25) is 0 Å². The van der Waals surface area contributed by atoms with Crippen molar-refractivity contribution in [2.45, 2.75) is 31.4 Å². The summed E-state index contributed by atoms with van der Waals surface area (Å²) in [6.07, 6.45) is 0.238. The lowest BCUT2D eigenvalue weighted by molar-refractivity contribution is -0.128. The van der Waals surface area contributed by atoms with Gasteiger partial charge in [-0.2, -0.15) is 18.3 Å². The van der Waals surface area contributed by atoms with Crippen LogP contribution in [0.1, 0.15) is 33.6 Å². The van der Waals surface area contributed by atoms with Crippen LogP contribution in [-0.4, -0.2) is 49.4 Å². The Balaban J connectivity index is 1.48. The molecule has 1 amide bonds. The van der Waals surface area contributed by atoms with Gasteiger partial charge in [0.15, 0.2) is 0 Å². The van der Waals surface area contributed by atoms with Gasteiger partial charge in [-0.1, -0.05) is 0 Å². The average molecular weight is 433 g/mol. The lowest BCUT2D eigenvalue weighted by atomic mass is 9.94. The molecule has 0 bridgehead atoms. The van der Waals surface area contributed by atoms with E-state index < -0.39 is 18.0 Å². The summed E-state index contributed by atoms with van der Waals surface area (Å²) in [5.74, 6) is -0.165. The molecule has 1 N–H and O–H groups in total. The summed E-state index contributed by atoms with van der Waals surface area (Å²) in [7, 11) is 3.44. The van der Waals surface area contributed by atoms with Crippen molar-refractivity contribution in [3.8, 4) is 0 Å². The summed E-state index contributed by atoms with van der Waals surface area (Å²) in [6, 6.07) is 0. The number of aryl methyl sites for hydroxylation is 3. The minimum atomic E-state index is -4.35. The third kappa shape index (κ3) is 2.91. The SMILES string of the molecule is Cc1cn(C)c(=O)c2c(C(=O)N3CC4CC4(c4c[nH]nc4CC(F)(F)F)C3)cn(C)c12. The molecule has 2 unspecified atom stereocenters. The van der Waals surface area contributed by atoms with Gasteiger partial charge in [0.1, 0.15) is 0 Å². The highest BCUT2D eigenvalue weighted by Gasteiger charge is 2.63. The van der Waals surface area contributed by atoms with E-state index in [0.717, 1.165) is 12.0 Å². The van der Waals surface area contributed by atoms with E-state index in [0.29, 0.717) is 35.1 Å². The van der Waals surface area contributed by atoms with Crippen LogP contribution in [0.15, 0.2) is 23.4 Å². The second-order valence-electron chi connectivity index (χ2n) is 8.89. The number of nitrogens with zero attached hydrogens (tertiary/aromatic N) is 4. The van der Waals surface area contributed by atoms with Crippen molar-refractivity contribution in [3.63, 3.8) is 0 Å². The summed E-state index contributed by atoms with van der Waals surface area (Å²) in [5, 5.41) is 6.78. The Labute approximate surface area is 175 Å². The van der Waals surface area contributed by atoms with Gasteiger partial charge in [-0.15, -0.1) is 0 Å². The van der Waals surface area contributed by atoms with Crippen LogP contribution in [0.3, 0.4) is 0 Å². The van der Waals surface area contributed by atoms with E-state index >= 15 is 0 Å². The first kappa shape index (κ1) is 19.9. The molecular weight excluding hydrogens is 411 g/mol. The molecular formula is C21H22F3N5O2. The Morgan fingerprint density at radius 1 is 1.29 bits per heavy atom. The monoisotopic (exact) mass is 433 g/mol. The number of halogens is 3. The van der Waals surface area contributed by atoms with Crippen LogP contribution in [0.5, 0.6) is 0 Å². The van der Waals surface area contributed by atoms with Crippen molar-refractivity contribution in [2.24, 2.45) is 20.0 Å². The molecule has 3 aromatic rings. The number of piperidine rings is 1. The van der Waals surface area contributed by atoms with Crippen molar-refractivity contribution in [1.82, 2.24) is 24.2 Å². The van der Waals surface area contributed by atoms with E-state index in [1.165, 1.54) is 10.8 Å². The Bertz CT molecular complexity index is 1280. The van der Waals surface area contributed by atoms with Crippen molar-refractivity contribution in [3.05, 3.63) is 51.3 Å². The van der Waals surface area contributed by atoms with E-state index in [9.17, 15) is 22.8 Å². The molecule has 1 aliphatic carbocycles. The van der Waals surface area contributed by atoms with Gasteiger partial charge in [0.25, 0.3) is 11.5 Å². The molecule has 5 rings (SSSR count). The number of H-pyrrole nitrogens is 1. The molecule has 0 radical (unpaired) electrons. The average Bonchev–Trinajstić information content (AvgIpc) is 3.04. The molecule has 0 aromatic carbocycles. The predicted molar refractivity (Wildman–Crippen MR) is 107 cm³/mol. The van der Waals surface area contributed by atoms with E-state index in [4.69, 9.17) is 0 Å². The molecule has 4 heterocycles. The number of hydrogen-bond donors (Lipinski definition) is 1. The van der Waals surface area contributed by atoms with Crippen LogP contribution in [0, 0.1) is 12.8 Å². The van der Waals surface area contributed by atoms with Crippen LogP contribution in [0.25, 0.3) is 10.9 Å². The number of rotatable bonds is 3. The number of likely N-dealkylation sites (tertiary alicyclic amines) is 1. The minimum Gasteiger partial charge on any atom is -0.349 e. The highest BCUT2D eigenvalue weighted by atomic mass is 19.4. The summed E-state index contributed by atoms with van der Waals surface area (Å²) in [4.78, 5) is 27.9. The maximum atomic E-state index is 13.4. The number of aromatic nitrogens is 4. The zero-order chi connectivity index (χ0) is 22.3. The number of pyridine rings is 1. The number of carbonyl (C=O) groups is 1. The van der Waals surface area contributed by atoms with E-state index in [1.807, 2.05) is 6.92 Å². The number of fused-ring (bicyclic) bond motifs is 2. The van der Waals surface area contributed by atoms with Crippen LogP contribution in [0.2, 0.25) is 0 Å². The molecule has 1 saturated carbocycles. The third-order valence-electron chi connectivity index (χ3n) is 6.76. The van der Waals surface area contributed by atoms with Crippen molar-refractivity contribution >= 4 is 16.8 Å². The van der Waals surface area contributed by atoms with Crippen LogP contribution < -0.4 is 5.56 Å². The number of carbonyl (C=O) groups excluding carboxylic acids is 1. The van der Waals surface area contributed by atoms with Crippen LogP contribution in [0.4, 0.5) is 13.2 Å². The first-order valence-corrected chi connectivity index (χ1v) is 10.1. The predicted octanol–water partition coefficient (Wildman–Crippen LogP) is 2.43. The van der Waals surface area contributed by atoms with E-state index in [-0.39, 0.29) is 23.1 Å². The van der Waals surface area contributed by atoms with E-state index in [2.05, 4.69) is 10.2 Å². The number of alkyl halides is 3. The Kier molecular flexibility index (Phi) is 4.00. The van der Waals surface area contributed by atoms with Gasteiger partial charge in [-0.05, 0) is 24.8 Å². The Morgan fingerprint density at radius 3 is 2.74 bits per heavy atom. The zero-order valence-electron chi connectivity index (χ0n) is 17.4. The summed E-state index contributed by atoms with van der Waals surface area (Å²) >= 11 is 0. The van der Waals surface area contributed by atoms with Crippen LogP contribution in [-0.2, 0) is 25.9 Å². The van der Waals surface area contributed by atoms with Gasteiger partial charge in [0.05, 0.1) is 28.6 Å². The zero-order valence-corrected chi connectivity index (χ0v) is 17.4. The van der Waals surface area contributed by atoms with Gasteiger partial charge < -0.3 is 14.0 Å². The fraction of sp³-hybridized carbons (Fsp3) is 0.476. The van der Waals surface area contributed by atoms with Gasteiger partial charge >= 0.3 is 6.18 Å². The number of aromatic amines is 1. The van der Waals surface area contributed by atoms with E-state index in [1.54, 1.807) is 36.0 Å². The lowest BCUT2D eigenvalue weighted by Crippen LogP contribution is -2.33. The molecule has 2 aliphatic rings. The smallest absolute Gasteiger partial charge is 0.349 e. The third-order valence-corrected chi connectivity index (χ3v) is 6.76. The van der Waals surface area contributed by atoms with Gasteiger partial charge in [0, 0.05) is 56.8 Å². The lowest BCUT2D eigenvalue weighted by Gasteiger charge is -2.21. The fourth-order valence-electron chi connectivity index (χ4n) is 5.37.